The summed E-state index contributed by atoms with van der Waals surface area (Å²) in [5, 5.41) is 14.4. The molecule has 0 aliphatic carbocycles. The van der Waals surface area contributed by atoms with Crippen molar-refractivity contribution >= 4 is 16.9 Å². The van der Waals surface area contributed by atoms with E-state index < -0.39 is 5.97 Å². The van der Waals surface area contributed by atoms with Gasteiger partial charge in [-0.3, -0.25) is 4.68 Å². The molecule has 1 aromatic carbocycles. The second-order valence-corrected chi connectivity index (χ2v) is 5.71. The quantitative estimate of drug-likeness (QED) is 0.886. The van der Waals surface area contributed by atoms with E-state index in [2.05, 4.69) is 5.10 Å². The van der Waals surface area contributed by atoms with E-state index in [0.717, 1.165) is 48.8 Å². The zero-order valence-electron chi connectivity index (χ0n) is 13.3. The van der Waals surface area contributed by atoms with Crippen molar-refractivity contribution in [3.63, 3.8) is 0 Å². The van der Waals surface area contributed by atoms with Crippen LogP contribution in [-0.4, -0.2) is 40.4 Å². The van der Waals surface area contributed by atoms with Gasteiger partial charge in [0.25, 0.3) is 0 Å². The molecule has 0 radical (unpaired) electrons. The van der Waals surface area contributed by atoms with Gasteiger partial charge in [-0.1, -0.05) is 19.1 Å². The number of aromatic carboxylic acids is 1. The van der Waals surface area contributed by atoms with E-state index in [-0.39, 0.29) is 12.0 Å². The van der Waals surface area contributed by atoms with Gasteiger partial charge in [-0.05, 0) is 37.3 Å². The van der Waals surface area contributed by atoms with Crippen LogP contribution in [0.15, 0.2) is 18.2 Å². The van der Waals surface area contributed by atoms with Gasteiger partial charge in [0, 0.05) is 12.0 Å². The van der Waals surface area contributed by atoms with Gasteiger partial charge in [-0.2, -0.15) is 5.10 Å². The molecular weight excluding hydrogens is 296 g/mol. The minimum atomic E-state index is -0.994. The number of rotatable bonds is 6. The fourth-order valence-electron chi connectivity index (χ4n) is 3.03. The predicted molar refractivity (Wildman–Crippen MR) is 85.6 cm³/mol. The number of ether oxygens (including phenoxy) is 2. The van der Waals surface area contributed by atoms with Gasteiger partial charge in [0.1, 0.15) is 0 Å². The summed E-state index contributed by atoms with van der Waals surface area (Å²) in [4.78, 5) is 11.5. The molecule has 3 rings (SSSR count). The Morgan fingerprint density at radius 3 is 3.04 bits per heavy atom. The molecule has 1 unspecified atom stereocenters. The van der Waals surface area contributed by atoms with E-state index >= 15 is 0 Å². The summed E-state index contributed by atoms with van der Waals surface area (Å²) in [5.41, 5.74) is 1.96. The topological polar surface area (TPSA) is 73.6 Å². The van der Waals surface area contributed by atoms with Crippen LogP contribution >= 0.6 is 0 Å². The smallest absolute Gasteiger partial charge is 0.357 e. The number of fused-ring (bicyclic) bond motifs is 1. The molecule has 0 amide bonds. The average Bonchev–Trinajstić information content (AvgIpc) is 2.95. The van der Waals surface area contributed by atoms with Crippen LogP contribution in [0.4, 0.5) is 0 Å². The second kappa shape index (κ2) is 7.10. The molecule has 0 bridgehead atoms. The molecule has 0 saturated carbocycles. The first-order valence-corrected chi connectivity index (χ1v) is 8.15. The van der Waals surface area contributed by atoms with Crippen molar-refractivity contribution in [1.82, 2.24) is 9.78 Å². The molecule has 1 aliphatic rings. The van der Waals surface area contributed by atoms with Crippen LogP contribution in [0.5, 0.6) is 0 Å². The van der Waals surface area contributed by atoms with Crippen molar-refractivity contribution in [2.75, 3.05) is 13.2 Å². The highest BCUT2D eigenvalue weighted by molar-refractivity contribution is 6.02. The van der Waals surface area contributed by atoms with Gasteiger partial charge < -0.3 is 14.6 Å². The second-order valence-electron chi connectivity index (χ2n) is 5.71. The zero-order chi connectivity index (χ0) is 16.2. The first kappa shape index (κ1) is 16.0. The molecule has 1 saturated heterocycles. The molecule has 1 aromatic heterocycles. The number of benzene rings is 1. The summed E-state index contributed by atoms with van der Waals surface area (Å²) < 4.78 is 13.0. The monoisotopic (exact) mass is 318 g/mol. The van der Waals surface area contributed by atoms with Gasteiger partial charge >= 0.3 is 5.97 Å². The Labute approximate surface area is 135 Å². The van der Waals surface area contributed by atoms with Gasteiger partial charge in [0.15, 0.2) is 12.0 Å². The summed E-state index contributed by atoms with van der Waals surface area (Å²) in [6.45, 7) is 3.73. The summed E-state index contributed by atoms with van der Waals surface area (Å²) in [5.74, 6) is -0.994. The molecule has 0 spiro atoms. The van der Waals surface area contributed by atoms with Crippen molar-refractivity contribution in [1.29, 1.82) is 0 Å². The van der Waals surface area contributed by atoms with Crippen LogP contribution in [0.25, 0.3) is 10.9 Å². The van der Waals surface area contributed by atoms with Crippen molar-refractivity contribution in [3.05, 3.63) is 29.5 Å². The SMILES string of the molecule is CCc1cccc2c1c(C(=O)O)nn2CCOC1CCCCO1. The lowest BCUT2D eigenvalue weighted by Gasteiger charge is -2.22. The van der Waals surface area contributed by atoms with E-state index in [1.165, 1.54) is 0 Å². The zero-order valence-corrected chi connectivity index (χ0v) is 13.3. The van der Waals surface area contributed by atoms with E-state index in [1.807, 2.05) is 25.1 Å². The number of aryl methyl sites for hydroxylation is 1. The fraction of sp³-hybridized carbons (Fsp3) is 0.529. The third kappa shape index (κ3) is 3.38. The first-order chi connectivity index (χ1) is 11.2. The van der Waals surface area contributed by atoms with Crippen molar-refractivity contribution in [2.45, 2.75) is 45.4 Å². The number of hydrogen-bond donors (Lipinski definition) is 1. The van der Waals surface area contributed by atoms with E-state index in [4.69, 9.17) is 9.47 Å². The molecule has 6 nitrogen and oxygen atoms in total. The van der Waals surface area contributed by atoms with Crippen LogP contribution in [0.1, 0.15) is 42.2 Å². The lowest BCUT2D eigenvalue weighted by molar-refractivity contribution is -0.163. The van der Waals surface area contributed by atoms with Gasteiger partial charge in [-0.15, -0.1) is 0 Å². The molecule has 1 aliphatic heterocycles. The summed E-state index contributed by atoms with van der Waals surface area (Å²) in [7, 11) is 0. The Morgan fingerprint density at radius 1 is 1.48 bits per heavy atom. The highest BCUT2D eigenvalue weighted by Gasteiger charge is 2.19. The average molecular weight is 318 g/mol. The standard InChI is InChI=1S/C17H22N2O4/c1-2-12-6-5-7-13-15(12)16(17(20)21)18-19(13)9-11-23-14-8-3-4-10-22-14/h5-7,14H,2-4,8-11H2,1H3,(H,20,21). The molecule has 124 valence electrons. The van der Waals surface area contributed by atoms with Crippen molar-refractivity contribution in [2.24, 2.45) is 0 Å². The number of carboxylic acids is 1. The van der Waals surface area contributed by atoms with Gasteiger partial charge in [-0.25, -0.2) is 4.79 Å². The summed E-state index contributed by atoms with van der Waals surface area (Å²) in [6.07, 6.45) is 3.76. The molecule has 1 atom stereocenters. The number of carboxylic acid groups (broad SMARTS) is 1. The Hall–Kier alpha value is -1.92. The Morgan fingerprint density at radius 2 is 2.35 bits per heavy atom. The fourth-order valence-corrected chi connectivity index (χ4v) is 3.03. The Kier molecular flexibility index (Phi) is 4.93. The van der Waals surface area contributed by atoms with Crippen LogP contribution in [0.2, 0.25) is 0 Å². The van der Waals surface area contributed by atoms with Crippen molar-refractivity contribution < 1.29 is 19.4 Å². The molecular formula is C17H22N2O4. The predicted octanol–water partition coefficient (Wildman–Crippen LogP) is 2.84. The normalized spacial score (nSPS) is 18.4. The van der Waals surface area contributed by atoms with Gasteiger partial charge in [0.05, 0.1) is 18.7 Å². The maximum atomic E-state index is 11.5. The molecule has 2 heterocycles. The van der Waals surface area contributed by atoms with E-state index in [9.17, 15) is 9.90 Å². The highest BCUT2D eigenvalue weighted by Crippen LogP contribution is 2.24. The van der Waals surface area contributed by atoms with Crippen LogP contribution < -0.4 is 0 Å². The number of hydrogen-bond acceptors (Lipinski definition) is 4. The number of aromatic nitrogens is 2. The van der Waals surface area contributed by atoms with E-state index in [0.29, 0.717) is 13.2 Å². The van der Waals surface area contributed by atoms with Gasteiger partial charge in [0.2, 0.25) is 0 Å². The van der Waals surface area contributed by atoms with E-state index in [1.54, 1.807) is 4.68 Å². The summed E-state index contributed by atoms with van der Waals surface area (Å²) in [6, 6.07) is 5.80. The largest absolute Gasteiger partial charge is 0.476 e. The third-order valence-corrected chi connectivity index (χ3v) is 4.19. The third-order valence-electron chi connectivity index (χ3n) is 4.19. The number of nitrogens with zero attached hydrogens (tertiary/aromatic N) is 2. The lowest BCUT2D eigenvalue weighted by Crippen LogP contribution is -2.24. The Bertz CT molecular complexity index is 689. The summed E-state index contributed by atoms with van der Waals surface area (Å²) >= 11 is 0. The minimum absolute atomic E-state index is 0.117. The number of carbonyl (C=O) groups is 1. The molecule has 1 fully saturated rings. The molecule has 6 heteroatoms. The lowest BCUT2D eigenvalue weighted by atomic mass is 10.1. The van der Waals surface area contributed by atoms with Crippen LogP contribution in [0, 0.1) is 0 Å². The first-order valence-electron chi connectivity index (χ1n) is 8.15. The molecule has 1 N–H and O–H groups in total. The minimum Gasteiger partial charge on any atom is -0.476 e. The van der Waals surface area contributed by atoms with Crippen LogP contribution in [0.3, 0.4) is 0 Å². The molecule has 23 heavy (non-hydrogen) atoms. The Balaban J connectivity index is 1.79. The maximum absolute atomic E-state index is 11.5. The van der Waals surface area contributed by atoms with Crippen molar-refractivity contribution in [3.8, 4) is 0 Å². The maximum Gasteiger partial charge on any atom is 0.357 e. The van der Waals surface area contributed by atoms with Crippen LogP contribution in [-0.2, 0) is 22.4 Å². The molecule has 2 aromatic rings. The highest BCUT2D eigenvalue weighted by atomic mass is 16.7.